The van der Waals surface area contributed by atoms with Gasteiger partial charge in [0.25, 0.3) is 0 Å². The van der Waals surface area contributed by atoms with E-state index in [1.165, 1.54) is 4.90 Å². The van der Waals surface area contributed by atoms with Crippen LogP contribution in [0.2, 0.25) is 0 Å². The molecule has 2 amide bonds. The first kappa shape index (κ1) is 15.0. The van der Waals surface area contributed by atoms with Crippen LogP contribution in [0, 0.1) is 0 Å². The summed E-state index contributed by atoms with van der Waals surface area (Å²) in [4.78, 5) is 26.5. The summed E-state index contributed by atoms with van der Waals surface area (Å²) in [5, 5.41) is 11.7. The topological polar surface area (TPSA) is 91.3 Å². The number of rotatable bonds is 3. The highest BCUT2D eigenvalue weighted by molar-refractivity contribution is 5.77. The van der Waals surface area contributed by atoms with Crippen molar-refractivity contribution in [1.29, 1.82) is 0 Å². The van der Waals surface area contributed by atoms with Gasteiger partial charge in [0, 0.05) is 26.2 Å². The van der Waals surface area contributed by atoms with Gasteiger partial charge in [0.15, 0.2) is 6.10 Å². The molecule has 20 heavy (non-hydrogen) atoms. The molecule has 2 heterocycles. The molecule has 2 unspecified atom stereocenters. The number of carbonyl (C=O) groups excluding carboxylic acids is 1. The number of carboxylic acids is 1. The molecule has 0 spiro atoms. The van der Waals surface area contributed by atoms with Gasteiger partial charge in [0.2, 0.25) is 0 Å². The van der Waals surface area contributed by atoms with E-state index in [0.29, 0.717) is 19.7 Å². The highest BCUT2D eigenvalue weighted by atomic mass is 16.5. The Labute approximate surface area is 117 Å². The third-order valence-electron chi connectivity index (χ3n) is 3.45. The number of amides is 2. The van der Waals surface area contributed by atoms with Gasteiger partial charge in [0.05, 0.1) is 25.9 Å². The maximum Gasteiger partial charge on any atom is 0.334 e. The fourth-order valence-electron chi connectivity index (χ4n) is 2.29. The smallest absolute Gasteiger partial charge is 0.334 e. The molecule has 114 valence electrons. The molecule has 2 atom stereocenters. The summed E-state index contributed by atoms with van der Waals surface area (Å²) in [6.07, 6.45) is -0.958. The Morgan fingerprint density at radius 3 is 2.70 bits per heavy atom. The lowest BCUT2D eigenvalue weighted by atomic mass is 10.2. The highest BCUT2D eigenvalue weighted by Gasteiger charge is 2.29. The van der Waals surface area contributed by atoms with Gasteiger partial charge in [-0.1, -0.05) is 0 Å². The number of urea groups is 1. The summed E-state index contributed by atoms with van der Waals surface area (Å²) in [6.45, 7) is 3.49. The van der Waals surface area contributed by atoms with Crippen molar-refractivity contribution in [2.75, 3.05) is 53.0 Å². The lowest BCUT2D eigenvalue weighted by Crippen LogP contribution is -2.54. The van der Waals surface area contributed by atoms with Crippen LogP contribution < -0.4 is 5.32 Å². The van der Waals surface area contributed by atoms with Gasteiger partial charge in [-0.25, -0.2) is 9.59 Å². The van der Waals surface area contributed by atoms with Crippen LogP contribution in [0.4, 0.5) is 4.79 Å². The Balaban J connectivity index is 1.75. The monoisotopic (exact) mass is 287 g/mol. The summed E-state index contributed by atoms with van der Waals surface area (Å²) >= 11 is 0. The molecule has 0 saturated carbocycles. The molecule has 8 heteroatoms. The second-order valence-corrected chi connectivity index (χ2v) is 5.08. The molecule has 2 N–H and O–H groups in total. The van der Waals surface area contributed by atoms with Crippen molar-refractivity contribution < 1.29 is 24.2 Å². The summed E-state index contributed by atoms with van der Waals surface area (Å²) in [6, 6.07) is -0.267. The second kappa shape index (κ2) is 6.87. The van der Waals surface area contributed by atoms with Crippen LogP contribution in [0.5, 0.6) is 0 Å². The third kappa shape index (κ3) is 4.06. The van der Waals surface area contributed by atoms with Crippen LogP contribution in [-0.2, 0) is 14.3 Å². The zero-order chi connectivity index (χ0) is 14.5. The van der Waals surface area contributed by atoms with Crippen molar-refractivity contribution in [3.63, 3.8) is 0 Å². The van der Waals surface area contributed by atoms with E-state index in [9.17, 15) is 9.59 Å². The summed E-state index contributed by atoms with van der Waals surface area (Å²) in [5.41, 5.74) is 0. The Hall–Kier alpha value is -1.38. The van der Waals surface area contributed by atoms with E-state index in [1.54, 1.807) is 0 Å². The van der Waals surface area contributed by atoms with Crippen LogP contribution in [-0.4, -0.2) is 92.1 Å². The van der Waals surface area contributed by atoms with Gasteiger partial charge in [-0.15, -0.1) is 0 Å². The van der Waals surface area contributed by atoms with E-state index < -0.39 is 12.1 Å². The van der Waals surface area contributed by atoms with Gasteiger partial charge >= 0.3 is 12.0 Å². The van der Waals surface area contributed by atoms with E-state index in [0.717, 1.165) is 13.1 Å². The fraction of sp³-hybridized carbons (Fsp3) is 0.833. The van der Waals surface area contributed by atoms with E-state index in [2.05, 4.69) is 10.2 Å². The molecule has 0 bridgehead atoms. The summed E-state index contributed by atoms with van der Waals surface area (Å²) < 4.78 is 10.6. The minimum Gasteiger partial charge on any atom is -0.479 e. The highest BCUT2D eigenvalue weighted by Crippen LogP contribution is 2.06. The first-order valence-corrected chi connectivity index (χ1v) is 6.73. The standard InChI is InChI=1S/C12H21N3O5/c1-14-2-4-19-9(7-14)6-13-12(18)15-3-5-20-10(8-15)11(16)17/h9-10H,2-8H2,1H3,(H,13,18)(H,16,17). The van der Waals surface area contributed by atoms with Crippen molar-refractivity contribution in [2.45, 2.75) is 12.2 Å². The lowest BCUT2D eigenvalue weighted by molar-refractivity contribution is -0.154. The van der Waals surface area contributed by atoms with E-state index >= 15 is 0 Å². The van der Waals surface area contributed by atoms with Crippen molar-refractivity contribution in [1.82, 2.24) is 15.1 Å². The molecule has 0 aromatic heterocycles. The molecule has 2 fully saturated rings. The summed E-state index contributed by atoms with van der Waals surface area (Å²) in [7, 11) is 2.01. The van der Waals surface area contributed by atoms with Gasteiger partial charge in [-0.05, 0) is 7.05 Å². The van der Waals surface area contributed by atoms with Crippen molar-refractivity contribution in [3.8, 4) is 0 Å². The Bertz CT molecular complexity index is 365. The first-order chi connectivity index (χ1) is 9.56. The second-order valence-electron chi connectivity index (χ2n) is 5.08. The predicted octanol–water partition coefficient (Wildman–Crippen LogP) is -1.19. The van der Waals surface area contributed by atoms with Crippen molar-refractivity contribution in [2.24, 2.45) is 0 Å². The fourth-order valence-corrected chi connectivity index (χ4v) is 2.29. The average Bonchev–Trinajstić information content (AvgIpc) is 2.45. The number of morpholine rings is 2. The van der Waals surface area contributed by atoms with Gasteiger partial charge in [0.1, 0.15) is 0 Å². The zero-order valence-electron chi connectivity index (χ0n) is 11.6. The van der Waals surface area contributed by atoms with E-state index in [-0.39, 0.29) is 25.3 Å². The molecule has 8 nitrogen and oxygen atoms in total. The molecule has 0 aromatic carbocycles. The molecular formula is C12H21N3O5. The molecule has 0 aromatic rings. The first-order valence-electron chi connectivity index (χ1n) is 6.73. The van der Waals surface area contributed by atoms with Gasteiger partial charge in [-0.2, -0.15) is 0 Å². The molecule has 2 aliphatic heterocycles. The molecule has 0 aliphatic carbocycles. The predicted molar refractivity (Wildman–Crippen MR) is 69.6 cm³/mol. The number of ether oxygens (including phenoxy) is 2. The number of hydrogen-bond donors (Lipinski definition) is 2. The van der Waals surface area contributed by atoms with E-state index in [4.69, 9.17) is 14.6 Å². The van der Waals surface area contributed by atoms with Crippen molar-refractivity contribution in [3.05, 3.63) is 0 Å². The number of carbonyl (C=O) groups is 2. The number of likely N-dealkylation sites (N-methyl/N-ethyl adjacent to an activating group) is 1. The van der Waals surface area contributed by atoms with E-state index in [1.807, 2.05) is 7.05 Å². The average molecular weight is 287 g/mol. The van der Waals surface area contributed by atoms with Gasteiger partial charge < -0.3 is 29.7 Å². The third-order valence-corrected chi connectivity index (χ3v) is 3.45. The molecule has 2 saturated heterocycles. The number of carboxylic acid groups (broad SMARTS) is 1. The summed E-state index contributed by atoms with van der Waals surface area (Å²) in [5.74, 6) is -1.04. The van der Waals surface area contributed by atoms with Crippen LogP contribution in [0.15, 0.2) is 0 Å². The number of nitrogens with one attached hydrogen (secondary N) is 1. The lowest BCUT2D eigenvalue weighted by Gasteiger charge is -2.33. The van der Waals surface area contributed by atoms with Crippen LogP contribution in [0.1, 0.15) is 0 Å². The molecule has 2 rings (SSSR count). The minimum absolute atomic E-state index is 0.0194. The van der Waals surface area contributed by atoms with Crippen LogP contribution >= 0.6 is 0 Å². The molecule has 2 aliphatic rings. The number of aliphatic carboxylic acids is 1. The minimum atomic E-state index is -1.04. The molecular weight excluding hydrogens is 266 g/mol. The largest absolute Gasteiger partial charge is 0.479 e. The normalized spacial score (nSPS) is 28.1. The SMILES string of the molecule is CN1CCOC(CNC(=O)N2CCOC(C(=O)O)C2)C1. The number of nitrogens with zero attached hydrogens (tertiary/aromatic N) is 2. The maximum atomic E-state index is 12.0. The Morgan fingerprint density at radius 1 is 1.25 bits per heavy atom. The quantitative estimate of drug-likeness (QED) is 0.678. The molecule has 0 radical (unpaired) electrons. The van der Waals surface area contributed by atoms with Crippen LogP contribution in [0.25, 0.3) is 0 Å². The maximum absolute atomic E-state index is 12.0. The Kier molecular flexibility index (Phi) is 5.16. The Morgan fingerprint density at radius 2 is 2.00 bits per heavy atom. The van der Waals surface area contributed by atoms with Crippen molar-refractivity contribution >= 4 is 12.0 Å². The van der Waals surface area contributed by atoms with Gasteiger partial charge in [-0.3, -0.25) is 0 Å². The van der Waals surface area contributed by atoms with Crippen LogP contribution in [0.3, 0.4) is 0 Å². The number of hydrogen-bond acceptors (Lipinski definition) is 5. The zero-order valence-corrected chi connectivity index (χ0v) is 11.6.